The molecule has 0 aromatic heterocycles. The normalized spacial score (nSPS) is 17.2. The van der Waals surface area contributed by atoms with Crippen LogP contribution in [-0.4, -0.2) is 30.6 Å². The number of esters is 1. The monoisotopic (exact) mass is 329 g/mol. The molecule has 1 aromatic carbocycles. The predicted octanol–water partition coefficient (Wildman–Crippen LogP) is 2.62. The second-order valence-electron chi connectivity index (χ2n) is 6.09. The van der Waals surface area contributed by atoms with E-state index < -0.39 is 23.5 Å². The van der Waals surface area contributed by atoms with E-state index >= 15 is 0 Å². The van der Waals surface area contributed by atoms with Crippen LogP contribution in [0.15, 0.2) is 24.3 Å². The molecule has 0 heterocycles. The molecule has 1 aliphatic carbocycles. The Morgan fingerprint density at radius 2 is 1.92 bits per heavy atom. The first-order chi connectivity index (χ1) is 11.5. The molecule has 24 heavy (non-hydrogen) atoms. The molecule has 0 saturated heterocycles. The summed E-state index contributed by atoms with van der Waals surface area (Å²) >= 11 is 0. The SMILES string of the molecule is CNc1ccccc1C(=O)OC(C)C(=O)NC1(C#N)CCCCC1. The van der Waals surface area contributed by atoms with Gasteiger partial charge < -0.3 is 15.4 Å². The third-order valence-corrected chi connectivity index (χ3v) is 4.35. The summed E-state index contributed by atoms with van der Waals surface area (Å²) in [5, 5.41) is 15.1. The Hall–Kier alpha value is -2.55. The molecule has 1 unspecified atom stereocenters. The average molecular weight is 329 g/mol. The van der Waals surface area contributed by atoms with Crippen molar-refractivity contribution in [1.82, 2.24) is 5.32 Å². The van der Waals surface area contributed by atoms with E-state index in [4.69, 9.17) is 4.74 Å². The topological polar surface area (TPSA) is 91.2 Å². The highest BCUT2D eigenvalue weighted by Crippen LogP contribution is 2.27. The van der Waals surface area contributed by atoms with E-state index in [1.165, 1.54) is 6.92 Å². The maximum atomic E-state index is 12.3. The molecule has 2 rings (SSSR count). The highest BCUT2D eigenvalue weighted by Gasteiger charge is 2.35. The largest absolute Gasteiger partial charge is 0.449 e. The van der Waals surface area contributed by atoms with Crippen molar-refractivity contribution in [2.24, 2.45) is 0 Å². The summed E-state index contributed by atoms with van der Waals surface area (Å²) in [6, 6.07) is 9.15. The number of hydrogen-bond donors (Lipinski definition) is 2. The quantitative estimate of drug-likeness (QED) is 0.810. The van der Waals surface area contributed by atoms with E-state index in [1.807, 2.05) is 0 Å². The molecule has 1 aliphatic rings. The average Bonchev–Trinajstić information content (AvgIpc) is 2.62. The van der Waals surface area contributed by atoms with Crippen LogP contribution in [0.25, 0.3) is 0 Å². The molecule has 1 amide bonds. The van der Waals surface area contributed by atoms with E-state index in [1.54, 1.807) is 31.3 Å². The third kappa shape index (κ3) is 4.05. The van der Waals surface area contributed by atoms with Crippen molar-refractivity contribution in [2.45, 2.75) is 50.7 Å². The van der Waals surface area contributed by atoms with Crippen LogP contribution in [0.5, 0.6) is 0 Å². The highest BCUT2D eigenvalue weighted by molar-refractivity contribution is 5.97. The number of nitriles is 1. The molecule has 0 radical (unpaired) electrons. The minimum absolute atomic E-state index is 0.368. The van der Waals surface area contributed by atoms with Crippen molar-refractivity contribution in [3.8, 4) is 6.07 Å². The number of ether oxygens (including phenoxy) is 1. The lowest BCUT2D eigenvalue weighted by molar-refractivity contribution is -0.130. The number of nitrogens with one attached hydrogen (secondary N) is 2. The second kappa shape index (κ2) is 7.82. The van der Waals surface area contributed by atoms with Gasteiger partial charge in [-0.25, -0.2) is 4.79 Å². The van der Waals surface area contributed by atoms with Gasteiger partial charge >= 0.3 is 5.97 Å². The van der Waals surface area contributed by atoms with Crippen LogP contribution in [0, 0.1) is 11.3 Å². The fourth-order valence-electron chi connectivity index (χ4n) is 2.91. The Labute approximate surface area is 142 Å². The lowest BCUT2D eigenvalue weighted by atomic mass is 9.83. The molecule has 128 valence electrons. The Bertz CT molecular complexity index is 645. The molecular weight excluding hydrogens is 306 g/mol. The minimum atomic E-state index is -0.963. The first-order valence-corrected chi connectivity index (χ1v) is 8.22. The van der Waals surface area contributed by atoms with Gasteiger partial charge in [0.15, 0.2) is 6.10 Å². The smallest absolute Gasteiger partial charge is 0.341 e. The number of carbonyl (C=O) groups excluding carboxylic acids is 2. The number of hydrogen-bond acceptors (Lipinski definition) is 5. The van der Waals surface area contributed by atoms with Crippen molar-refractivity contribution in [3.63, 3.8) is 0 Å². The van der Waals surface area contributed by atoms with Gasteiger partial charge in [-0.15, -0.1) is 0 Å². The van der Waals surface area contributed by atoms with Crippen LogP contribution in [0.4, 0.5) is 5.69 Å². The van der Waals surface area contributed by atoms with Gasteiger partial charge in [0.25, 0.3) is 5.91 Å². The maximum absolute atomic E-state index is 12.3. The molecule has 1 fully saturated rings. The van der Waals surface area contributed by atoms with Crippen LogP contribution >= 0.6 is 0 Å². The number of benzene rings is 1. The van der Waals surface area contributed by atoms with Crippen molar-refractivity contribution >= 4 is 17.6 Å². The van der Waals surface area contributed by atoms with Gasteiger partial charge in [-0.2, -0.15) is 5.26 Å². The van der Waals surface area contributed by atoms with E-state index in [2.05, 4.69) is 16.7 Å². The van der Waals surface area contributed by atoms with Crippen molar-refractivity contribution < 1.29 is 14.3 Å². The van der Waals surface area contributed by atoms with Gasteiger partial charge in [-0.3, -0.25) is 4.79 Å². The van der Waals surface area contributed by atoms with Gasteiger partial charge in [-0.1, -0.05) is 31.4 Å². The molecule has 6 heteroatoms. The van der Waals surface area contributed by atoms with Crippen LogP contribution in [0.2, 0.25) is 0 Å². The van der Waals surface area contributed by atoms with Crippen LogP contribution < -0.4 is 10.6 Å². The summed E-state index contributed by atoms with van der Waals surface area (Å²) in [4.78, 5) is 24.6. The summed E-state index contributed by atoms with van der Waals surface area (Å²) in [6.07, 6.45) is 3.21. The van der Waals surface area contributed by atoms with Crippen molar-refractivity contribution in [3.05, 3.63) is 29.8 Å². The van der Waals surface area contributed by atoms with E-state index in [-0.39, 0.29) is 0 Å². The van der Waals surface area contributed by atoms with Crippen molar-refractivity contribution in [2.75, 3.05) is 12.4 Å². The standard InChI is InChI=1S/C18H23N3O3/c1-13(16(22)21-18(12-19)10-6-3-7-11-18)24-17(23)14-8-4-5-9-15(14)20-2/h4-5,8-9,13,20H,3,6-7,10-11H2,1-2H3,(H,21,22). The molecule has 2 N–H and O–H groups in total. The molecule has 1 aromatic rings. The molecule has 0 aliphatic heterocycles. The minimum Gasteiger partial charge on any atom is -0.449 e. The Kier molecular flexibility index (Phi) is 5.80. The fraction of sp³-hybridized carbons (Fsp3) is 0.500. The highest BCUT2D eigenvalue weighted by atomic mass is 16.5. The zero-order valence-corrected chi connectivity index (χ0v) is 14.1. The van der Waals surface area contributed by atoms with Gasteiger partial charge in [0.1, 0.15) is 5.54 Å². The number of rotatable bonds is 5. The third-order valence-electron chi connectivity index (χ3n) is 4.35. The number of para-hydroxylation sites is 1. The first kappa shape index (κ1) is 17.8. The maximum Gasteiger partial charge on any atom is 0.341 e. The molecule has 1 atom stereocenters. The number of amides is 1. The van der Waals surface area contributed by atoms with Gasteiger partial charge in [0.2, 0.25) is 0 Å². The molecule has 0 bridgehead atoms. The van der Waals surface area contributed by atoms with Crippen molar-refractivity contribution in [1.29, 1.82) is 5.26 Å². The van der Waals surface area contributed by atoms with Crippen LogP contribution in [0.3, 0.4) is 0 Å². The van der Waals surface area contributed by atoms with E-state index in [9.17, 15) is 14.9 Å². The lowest BCUT2D eigenvalue weighted by Crippen LogP contribution is -2.52. The zero-order valence-electron chi connectivity index (χ0n) is 14.1. The summed E-state index contributed by atoms with van der Waals surface area (Å²) in [5.41, 5.74) is 0.169. The summed E-state index contributed by atoms with van der Waals surface area (Å²) < 4.78 is 5.27. The summed E-state index contributed by atoms with van der Waals surface area (Å²) in [6.45, 7) is 1.52. The number of carbonyl (C=O) groups is 2. The Morgan fingerprint density at radius 1 is 1.25 bits per heavy atom. The first-order valence-electron chi connectivity index (χ1n) is 8.22. The summed E-state index contributed by atoms with van der Waals surface area (Å²) in [7, 11) is 1.71. The second-order valence-corrected chi connectivity index (χ2v) is 6.09. The molecule has 6 nitrogen and oxygen atoms in total. The van der Waals surface area contributed by atoms with Gasteiger partial charge in [0.05, 0.1) is 11.6 Å². The summed E-state index contributed by atoms with van der Waals surface area (Å²) in [5.74, 6) is -1.01. The van der Waals surface area contributed by atoms with Crippen LogP contribution in [0.1, 0.15) is 49.4 Å². The van der Waals surface area contributed by atoms with Crippen LogP contribution in [-0.2, 0) is 9.53 Å². The van der Waals surface area contributed by atoms with Gasteiger partial charge in [0, 0.05) is 12.7 Å². The predicted molar refractivity (Wildman–Crippen MR) is 90.4 cm³/mol. The zero-order chi connectivity index (χ0) is 17.6. The van der Waals surface area contributed by atoms with Gasteiger partial charge in [-0.05, 0) is 31.9 Å². The Balaban J connectivity index is 2.01. The fourth-order valence-corrected chi connectivity index (χ4v) is 2.91. The Morgan fingerprint density at radius 3 is 2.54 bits per heavy atom. The van der Waals surface area contributed by atoms with E-state index in [0.29, 0.717) is 24.1 Å². The van der Waals surface area contributed by atoms with E-state index in [0.717, 1.165) is 19.3 Å². The molecule has 0 spiro atoms. The number of anilines is 1. The lowest BCUT2D eigenvalue weighted by Gasteiger charge is -2.32. The number of nitrogens with zero attached hydrogens (tertiary/aromatic N) is 1. The molecule has 1 saturated carbocycles. The molecular formula is C18H23N3O3.